The van der Waals surface area contributed by atoms with Gasteiger partial charge < -0.3 is 4.74 Å². The average molecular weight is 293 g/mol. The molecule has 0 radical (unpaired) electrons. The molecular formula is C13H12ClF3O2. The van der Waals surface area contributed by atoms with Crippen LogP contribution in [0.15, 0.2) is 36.4 Å². The van der Waals surface area contributed by atoms with Gasteiger partial charge in [-0.1, -0.05) is 30.3 Å². The topological polar surface area (TPSA) is 26.3 Å². The van der Waals surface area contributed by atoms with Gasteiger partial charge in [0.25, 0.3) is 0 Å². The molecule has 0 spiro atoms. The number of esters is 1. The first-order valence-corrected chi connectivity index (χ1v) is 5.83. The molecule has 0 amide bonds. The van der Waals surface area contributed by atoms with Crippen molar-refractivity contribution in [2.24, 2.45) is 0 Å². The van der Waals surface area contributed by atoms with Crippen LogP contribution in [0.2, 0.25) is 5.02 Å². The molecule has 1 atom stereocenters. The van der Waals surface area contributed by atoms with Crippen molar-refractivity contribution >= 4 is 17.6 Å². The highest BCUT2D eigenvalue weighted by Crippen LogP contribution is 2.37. The molecule has 1 aromatic rings. The first kappa shape index (κ1) is 15.6. The minimum atomic E-state index is -4.67. The fourth-order valence-electron chi connectivity index (χ4n) is 1.52. The standard InChI is InChI=1S/C13H12ClF3O2/c1-3-19-12(18)11(8(2)13(15,16)17)9-4-6-10(14)7-5-9/h4-7,11H,2-3H2,1H3. The van der Waals surface area contributed by atoms with Crippen LogP contribution in [0.4, 0.5) is 13.2 Å². The van der Waals surface area contributed by atoms with Crippen molar-refractivity contribution in [1.82, 2.24) is 0 Å². The first-order valence-electron chi connectivity index (χ1n) is 5.45. The minimum Gasteiger partial charge on any atom is -0.465 e. The predicted octanol–water partition coefficient (Wildman–Crippen LogP) is 4.11. The van der Waals surface area contributed by atoms with Crippen molar-refractivity contribution in [3.63, 3.8) is 0 Å². The number of carbonyl (C=O) groups excluding carboxylic acids is 1. The molecule has 1 unspecified atom stereocenters. The van der Waals surface area contributed by atoms with Gasteiger partial charge in [-0.05, 0) is 24.6 Å². The summed E-state index contributed by atoms with van der Waals surface area (Å²) in [5.74, 6) is -2.55. The number of ether oxygens (including phenoxy) is 1. The highest BCUT2D eigenvalue weighted by atomic mass is 35.5. The van der Waals surface area contributed by atoms with Crippen molar-refractivity contribution in [1.29, 1.82) is 0 Å². The molecule has 0 aliphatic rings. The second kappa shape index (κ2) is 6.10. The van der Waals surface area contributed by atoms with Crippen LogP contribution in [0.1, 0.15) is 18.4 Å². The molecule has 0 fully saturated rings. The Morgan fingerprint density at radius 3 is 2.32 bits per heavy atom. The Balaban J connectivity index is 3.16. The normalized spacial score (nSPS) is 12.9. The maximum absolute atomic E-state index is 12.7. The Bertz CT molecular complexity index is 466. The van der Waals surface area contributed by atoms with E-state index in [4.69, 9.17) is 11.6 Å². The van der Waals surface area contributed by atoms with E-state index in [1.165, 1.54) is 31.2 Å². The highest BCUT2D eigenvalue weighted by molar-refractivity contribution is 6.30. The summed E-state index contributed by atoms with van der Waals surface area (Å²) >= 11 is 5.67. The van der Waals surface area contributed by atoms with E-state index in [9.17, 15) is 18.0 Å². The molecule has 0 bridgehead atoms. The van der Waals surface area contributed by atoms with Crippen LogP contribution >= 0.6 is 11.6 Å². The molecule has 0 aromatic heterocycles. The fourth-order valence-corrected chi connectivity index (χ4v) is 1.65. The maximum atomic E-state index is 12.7. The van der Waals surface area contributed by atoms with Gasteiger partial charge in [-0.25, -0.2) is 0 Å². The van der Waals surface area contributed by atoms with Crippen LogP contribution in [0.5, 0.6) is 0 Å². The molecule has 19 heavy (non-hydrogen) atoms. The molecule has 2 nitrogen and oxygen atoms in total. The smallest absolute Gasteiger partial charge is 0.413 e. The number of rotatable bonds is 4. The predicted molar refractivity (Wildman–Crippen MR) is 66.0 cm³/mol. The van der Waals surface area contributed by atoms with Gasteiger partial charge in [0.2, 0.25) is 0 Å². The lowest BCUT2D eigenvalue weighted by molar-refractivity contribution is -0.147. The van der Waals surface area contributed by atoms with Gasteiger partial charge in [0.15, 0.2) is 0 Å². The van der Waals surface area contributed by atoms with Crippen LogP contribution in [-0.2, 0) is 9.53 Å². The van der Waals surface area contributed by atoms with Gasteiger partial charge in [0.1, 0.15) is 5.92 Å². The van der Waals surface area contributed by atoms with Crippen LogP contribution < -0.4 is 0 Å². The Labute approximate surface area is 113 Å². The summed E-state index contributed by atoms with van der Waals surface area (Å²) in [7, 11) is 0. The summed E-state index contributed by atoms with van der Waals surface area (Å²) in [4.78, 5) is 11.7. The number of halogens is 4. The van der Waals surface area contributed by atoms with Gasteiger partial charge in [-0.3, -0.25) is 4.79 Å². The lowest BCUT2D eigenvalue weighted by Gasteiger charge is -2.20. The second-order valence-electron chi connectivity index (χ2n) is 3.76. The van der Waals surface area contributed by atoms with E-state index >= 15 is 0 Å². The molecule has 0 aliphatic heterocycles. The largest absolute Gasteiger partial charge is 0.465 e. The molecule has 0 heterocycles. The molecule has 0 N–H and O–H groups in total. The molecule has 1 rings (SSSR count). The maximum Gasteiger partial charge on any atom is 0.413 e. The van der Waals surface area contributed by atoms with Crippen molar-refractivity contribution in [3.05, 3.63) is 47.0 Å². The number of benzene rings is 1. The van der Waals surface area contributed by atoms with E-state index in [0.717, 1.165) is 0 Å². The SMILES string of the molecule is C=C(C(C(=O)OCC)c1ccc(Cl)cc1)C(F)(F)F. The third-order valence-corrected chi connectivity index (χ3v) is 2.69. The van der Waals surface area contributed by atoms with Crippen LogP contribution in [0.25, 0.3) is 0 Å². The number of hydrogen-bond acceptors (Lipinski definition) is 2. The molecule has 6 heteroatoms. The van der Waals surface area contributed by atoms with Crippen molar-refractivity contribution in [2.75, 3.05) is 6.61 Å². The molecule has 0 aliphatic carbocycles. The van der Waals surface area contributed by atoms with Gasteiger partial charge >= 0.3 is 12.1 Å². The third-order valence-electron chi connectivity index (χ3n) is 2.44. The van der Waals surface area contributed by atoms with E-state index in [-0.39, 0.29) is 12.2 Å². The zero-order valence-electron chi connectivity index (χ0n) is 10.1. The monoisotopic (exact) mass is 292 g/mol. The van der Waals surface area contributed by atoms with E-state index in [2.05, 4.69) is 11.3 Å². The Hall–Kier alpha value is -1.49. The number of hydrogen-bond donors (Lipinski definition) is 0. The van der Waals surface area contributed by atoms with Gasteiger partial charge in [0, 0.05) is 10.6 Å². The summed E-state index contributed by atoms with van der Waals surface area (Å²) in [6.07, 6.45) is -4.67. The van der Waals surface area contributed by atoms with E-state index < -0.39 is 23.6 Å². The quantitative estimate of drug-likeness (QED) is 0.617. The molecule has 1 aromatic carbocycles. The summed E-state index contributed by atoms with van der Waals surface area (Å²) in [5.41, 5.74) is -1.02. The van der Waals surface area contributed by atoms with Crippen molar-refractivity contribution in [3.8, 4) is 0 Å². The molecule has 0 saturated carbocycles. The summed E-state index contributed by atoms with van der Waals surface area (Å²) in [6, 6.07) is 5.52. The van der Waals surface area contributed by atoms with E-state index in [0.29, 0.717) is 5.02 Å². The zero-order valence-corrected chi connectivity index (χ0v) is 10.9. The lowest BCUT2D eigenvalue weighted by Crippen LogP contribution is -2.25. The third kappa shape index (κ3) is 3.99. The van der Waals surface area contributed by atoms with Gasteiger partial charge in [-0.2, -0.15) is 13.2 Å². The van der Waals surface area contributed by atoms with Crippen LogP contribution in [0.3, 0.4) is 0 Å². The second-order valence-corrected chi connectivity index (χ2v) is 4.20. The van der Waals surface area contributed by atoms with E-state index in [1.54, 1.807) is 0 Å². The minimum absolute atomic E-state index is 0.00589. The number of carbonyl (C=O) groups is 1. The molecule has 0 saturated heterocycles. The Morgan fingerprint density at radius 2 is 1.89 bits per heavy atom. The summed E-state index contributed by atoms with van der Waals surface area (Å²) in [6.45, 7) is 4.48. The Kier molecular flexibility index (Phi) is 5.00. The summed E-state index contributed by atoms with van der Waals surface area (Å²) < 4.78 is 42.9. The average Bonchev–Trinajstić information content (AvgIpc) is 2.31. The summed E-state index contributed by atoms with van der Waals surface area (Å²) in [5, 5.41) is 0.365. The zero-order chi connectivity index (χ0) is 14.6. The highest BCUT2D eigenvalue weighted by Gasteiger charge is 2.41. The van der Waals surface area contributed by atoms with Crippen LogP contribution in [-0.4, -0.2) is 18.8 Å². The van der Waals surface area contributed by atoms with Gasteiger partial charge in [0.05, 0.1) is 6.61 Å². The molecule has 104 valence electrons. The van der Waals surface area contributed by atoms with Crippen molar-refractivity contribution < 1.29 is 22.7 Å². The fraction of sp³-hybridized carbons (Fsp3) is 0.308. The van der Waals surface area contributed by atoms with Crippen molar-refractivity contribution in [2.45, 2.75) is 19.0 Å². The van der Waals surface area contributed by atoms with Gasteiger partial charge in [-0.15, -0.1) is 0 Å². The Morgan fingerprint density at radius 1 is 1.37 bits per heavy atom. The molecular weight excluding hydrogens is 281 g/mol. The first-order chi connectivity index (χ1) is 8.77. The van der Waals surface area contributed by atoms with Crippen LogP contribution in [0, 0.1) is 0 Å². The lowest BCUT2D eigenvalue weighted by atomic mass is 9.91. The van der Waals surface area contributed by atoms with E-state index in [1.807, 2.05) is 0 Å². The number of alkyl halides is 3.